The van der Waals surface area contributed by atoms with Gasteiger partial charge in [-0.15, -0.1) is 0 Å². The molecule has 1 atom stereocenters. The lowest BCUT2D eigenvalue weighted by Gasteiger charge is -2.28. The topological polar surface area (TPSA) is 84.3 Å². The molecule has 140 valence electrons. The normalized spacial score (nSPS) is 12.5. The first-order valence-corrected chi connectivity index (χ1v) is 8.76. The lowest BCUT2D eigenvalue weighted by Crippen LogP contribution is -2.44. The third kappa shape index (κ3) is 5.88. The van der Waals surface area contributed by atoms with Gasteiger partial charge in [0, 0.05) is 16.8 Å². The Morgan fingerprint density at radius 1 is 1.35 bits per heavy atom. The van der Waals surface area contributed by atoms with Crippen molar-refractivity contribution < 1.29 is 14.6 Å². The van der Waals surface area contributed by atoms with Crippen LogP contribution >= 0.6 is 11.6 Å². The molecule has 1 aromatic carbocycles. The molecule has 0 saturated heterocycles. The van der Waals surface area contributed by atoms with E-state index in [1.54, 1.807) is 0 Å². The van der Waals surface area contributed by atoms with Gasteiger partial charge in [-0.25, -0.2) is 14.8 Å². The van der Waals surface area contributed by atoms with Crippen molar-refractivity contribution in [1.29, 1.82) is 0 Å². The first kappa shape index (κ1) is 20.0. The van der Waals surface area contributed by atoms with Crippen molar-refractivity contribution in [2.45, 2.75) is 39.7 Å². The summed E-state index contributed by atoms with van der Waals surface area (Å²) in [7, 11) is 0. The molecule has 0 radical (unpaired) electrons. The third-order valence-electron chi connectivity index (χ3n) is 3.86. The summed E-state index contributed by atoms with van der Waals surface area (Å²) in [5.41, 5.74) is 2.07. The fourth-order valence-electron chi connectivity index (χ4n) is 2.89. The maximum atomic E-state index is 10.8. The van der Waals surface area contributed by atoms with E-state index in [2.05, 4.69) is 15.3 Å². The summed E-state index contributed by atoms with van der Waals surface area (Å²) in [5, 5.41) is 11.9. The third-order valence-corrected chi connectivity index (χ3v) is 4.15. The maximum Gasteiger partial charge on any atom is 0.405 e. The number of hydrogen-bond donors (Lipinski definition) is 2. The first-order valence-electron chi connectivity index (χ1n) is 8.39. The van der Waals surface area contributed by atoms with Gasteiger partial charge in [-0.1, -0.05) is 18.5 Å². The molecule has 7 heteroatoms. The lowest BCUT2D eigenvalue weighted by molar-refractivity contribution is 0.169. The molecule has 26 heavy (non-hydrogen) atoms. The number of carboxylic acid groups (broad SMARTS) is 1. The minimum absolute atomic E-state index is 0.150. The predicted molar refractivity (Wildman–Crippen MR) is 102 cm³/mol. The molecule has 0 saturated carbocycles. The van der Waals surface area contributed by atoms with Crippen molar-refractivity contribution in [2.75, 3.05) is 6.61 Å². The fourth-order valence-corrected chi connectivity index (χ4v) is 3.13. The van der Waals surface area contributed by atoms with Crippen LogP contribution in [0.1, 0.15) is 32.9 Å². The molecule has 0 spiro atoms. The summed E-state index contributed by atoms with van der Waals surface area (Å²) < 4.78 is 5.82. The van der Waals surface area contributed by atoms with Crippen molar-refractivity contribution in [3.8, 4) is 17.0 Å². The molecule has 1 aromatic heterocycles. The summed E-state index contributed by atoms with van der Waals surface area (Å²) in [5.74, 6) is 0.745. The van der Waals surface area contributed by atoms with Crippen molar-refractivity contribution in [1.82, 2.24) is 15.3 Å². The average molecular weight is 378 g/mol. The van der Waals surface area contributed by atoms with Gasteiger partial charge in [-0.05, 0) is 57.4 Å². The molecular formula is C19H24ClN3O3. The van der Waals surface area contributed by atoms with Crippen LogP contribution in [0.5, 0.6) is 5.75 Å². The van der Waals surface area contributed by atoms with Gasteiger partial charge in [0.1, 0.15) is 12.1 Å². The van der Waals surface area contributed by atoms with Gasteiger partial charge in [-0.2, -0.15) is 0 Å². The summed E-state index contributed by atoms with van der Waals surface area (Å²) in [6.07, 6.45) is 1.15. The van der Waals surface area contributed by atoms with Crippen LogP contribution in [-0.4, -0.2) is 33.3 Å². The zero-order chi connectivity index (χ0) is 19.3. The zero-order valence-electron chi connectivity index (χ0n) is 15.4. The molecular weight excluding hydrogens is 354 g/mol. The number of ether oxygens (including phenoxy) is 1. The molecule has 0 aliphatic rings. The van der Waals surface area contributed by atoms with Crippen LogP contribution in [-0.2, 0) is 0 Å². The minimum atomic E-state index is -1.03. The van der Waals surface area contributed by atoms with E-state index in [-0.39, 0.29) is 5.92 Å². The van der Waals surface area contributed by atoms with Gasteiger partial charge in [0.2, 0.25) is 0 Å². The summed E-state index contributed by atoms with van der Waals surface area (Å²) in [4.78, 5) is 19.2. The molecule has 0 aliphatic carbocycles. The van der Waals surface area contributed by atoms with Gasteiger partial charge in [0.25, 0.3) is 0 Å². The maximum absolute atomic E-state index is 10.8. The van der Waals surface area contributed by atoms with E-state index in [9.17, 15) is 4.79 Å². The number of benzene rings is 1. The Morgan fingerprint density at radius 3 is 2.69 bits per heavy atom. The van der Waals surface area contributed by atoms with Gasteiger partial charge in [0.05, 0.1) is 17.3 Å². The molecule has 1 heterocycles. The second kappa shape index (κ2) is 8.36. The van der Waals surface area contributed by atoms with Crippen molar-refractivity contribution >= 4 is 17.7 Å². The molecule has 2 aromatic rings. The number of hydrogen-bond acceptors (Lipinski definition) is 4. The van der Waals surface area contributed by atoms with Crippen LogP contribution in [0.15, 0.2) is 30.6 Å². The Balaban J connectivity index is 1.99. The molecule has 0 bridgehead atoms. The van der Waals surface area contributed by atoms with Gasteiger partial charge >= 0.3 is 6.09 Å². The second-order valence-electron chi connectivity index (χ2n) is 7.12. The summed E-state index contributed by atoms with van der Waals surface area (Å²) in [6, 6.07) is 7.44. The number of amides is 1. The molecule has 6 nitrogen and oxygen atoms in total. The van der Waals surface area contributed by atoms with Crippen LogP contribution in [0, 0.1) is 12.8 Å². The Kier molecular flexibility index (Phi) is 6.42. The number of aromatic nitrogens is 2. The van der Waals surface area contributed by atoms with E-state index >= 15 is 0 Å². The number of nitrogens with zero attached hydrogens (tertiary/aromatic N) is 2. The molecule has 0 unspecified atom stereocenters. The smallest absolute Gasteiger partial charge is 0.405 e. The van der Waals surface area contributed by atoms with Gasteiger partial charge in [0.15, 0.2) is 0 Å². The van der Waals surface area contributed by atoms with Crippen LogP contribution in [0.3, 0.4) is 0 Å². The van der Waals surface area contributed by atoms with Crippen LogP contribution < -0.4 is 10.1 Å². The number of halogens is 1. The quantitative estimate of drug-likeness (QED) is 0.739. The van der Waals surface area contributed by atoms with Gasteiger partial charge < -0.3 is 15.2 Å². The number of aryl methyl sites for hydroxylation is 1. The SMILES string of the molecule is Cc1cc(-c2ccc(OC[C@@H](C)CC(C)(C)NC(=O)O)c(Cl)c2)ncn1. The zero-order valence-corrected chi connectivity index (χ0v) is 16.2. The fraction of sp³-hybridized carbons (Fsp3) is 0.421. The second-order valence-corrected chi connectivity index (χ2v) is 7.53. The van der Waals surface area contributed by atoms with E-state index in [1.807, 2.05) is 52.0 Å². The highest BCUT2D eigenvalue weighted by Gasteiger charge is 2.23. The highest BCUT2D eigenvalue weighted by Crippen LogP contribution is 2.30. The Labute approximate surface area is 158 Å². The Morgan fingerprint density at radius 2 is 2.08 bits per heavy atom. The van der Waals surface area contributed by atoms with E-state index in [0.29, 0.717) is 23.8 Å². The number of carbonyl (C=O) groups is 1. The summed E-state index contributed by atoms with van der Waals surface area (Å²) >= 11 is 6.35. The monoisotopic (exact) mass is 377 g/mol. The predicted octanol–water partition coefficient (Wildman–Crippen LogP) is 4.56. The standard InChI is InChI=1S/C19H24ClN3O3/c1-12(9-19(3,4)23-18(24)25)10-26-17-6-5-14(8-15(17)20)16-7-13(2)21-11-22-16/h5-8,11-12,23H,9-10H2,1-4H3,(H,24,25)/t12-/m0/s1. The number of rotatable bonds is 7. The van der Waals surface area contributed by atoms with Gasteiger partial charge in [-0.3, -0.25) is 0 Å². The molecule has 2 N–H and O–H groups in total. The molecule has 1 amide bonds. The van der Waals surface area contributed by atoms with Crippen molar-refractivity contribution in [3.05, 3.63) is 41.3 Å². The summed E-state index contributed by atoms with van der Waals surface area (Å²) in [6.45, 7) is 8.06. The van der Waals surface area contributed by atoms with Crippen LogP contribution in [0.25, 0.3) is 11.3 Å². The van der Waals surface area contributed by atoms with Crippen LogP contribution in [0.2, 0.25) is 5.02 Å². The minimum Gasteiger partial charge on any atom is -0.492 e. The van der Waals surface area contributed by atoms with Crippen molar-refractivity contribution in [3.63, 3.8) is 0 Å². The van der Waals surface area contributed by atoms with E-state index in [0.717, 1.165) is 17.0 Å². The molecule has 0 aliphatic heterocycles. The largest absolute Gasteiger partial charge is 0.492 e. The number of nitrogens with one attached hydrogen (secondary N) is 1. The Bertz CT molecular complexity index is 780. The van der Waals surface area contributed by atoms with Crippen molar-refractivity contribution in [2.24, 2.45) is 5.92 Å². The molecule has 0 fully saturated rings. The molecule has 2 rings (SSSR count). The van der Waals surface area contributed by atoms with E-state index in [4.69, 9.17) is 21.4 Å². The highest BCUT2D eigenvalue weighted by atomic mass is 35.5. The average Bonchev–Trinajstić information content (AvgIpc) is 2.51. The van der Waals surface area contributed by atoms with E-state index < -0.39 is 11.6 Å². The Hall–Kier alpha value is -2.34. The first-order chi connectivity index (χ1) is 12.2. The lowest BCUT2D eigenvalue weighted by atomic mass is 9.92. The van der Waals surface area contributed by atoms with E-state index in [1.165, 1.54) is 6.33 Å². The highest BCUT2D eigenvalue weighted by molar-refractivity contribution is 6.32. The van der Waals surface area contributed by atoms with Crippen LogP contribution in [0.4, 0.5) is 4.79 Å².